The van der Waals surface area contributed by atoms with Crippen LogP contribution < -0.4 is 14.2 Å². The highest BCUT2D eigenvalue weighted by Crippen LogP contribution is 2.29. The number of rotatable bonds is 10. The van der Waals surface area contributed by atoms with Gasteiger partial charge in [0.05, 0.1) is 20.0 Å². The largest absolute Gasteiger partial charge is 0.493 e. The van der Waals surface area contributed by atoms with Crippen LogP contribution in [0.2, 0.25) is 0 Å². The molecule has 0 amide bonds. The number of hydrogen-bond donors (Lipinski definition) is 0. The summed E-state index contributed by atoms with van der Waals surface area (Å²) < 4.78 is 16.0. The summed E-state index contributed by atoms with van der Waals surface area (Å²) >= 11 is 0. The predicted octanol–water partition coefficient (Wildman–Crippen LogP) is 4.75. The van der Waals surface area contributed by atoms with E-state index in [1.807, 2.05) is 31.2 Å². The molecule has 0 radical (unpaired) electrons. The molecule has 0 atom stereocenters. The van der Waals surface area contributed by atoms with Crippen LogP contribution in [0.15, 0.2) is 61.7 Å². The summed E-state index contributed by atoms with van der Waals surface area (Å²) in [6.07, 6.45) is 4.85. The molecule has 0 saturated heterocycles. The van der Waals surface area contributed by atoms with Crippen LogP contribution in [0.1, 0.15) is 29.5 Å². The molecule has 0 spiro atoms. The van der Waals surface area contributed by atoms with E-state index in [9.17, 15) is 9.59 Å². The Morgan fingerprint density at radius 1 is 0.828 bits per heavy atom. The Labute approximate surface area is 171 Å². The molecule has 29 heavy (non-hydrogen) atoms. The average molecular weight is 394 g/mol. The van der Waals surface area contributed by atoms with E-state index in [0.717, 1.165) is 23.1 Å². The Morgan fingerprint density at radius 2 is 1.34 bits per heavy atom. The van der Waals surface area contributed by atoms with Crippen LogP contribution in [-0.4, -0.2) is 19.0 Å². The van der Waals surface area contributed by atoms with E-state index in [4.69, 9.17) is 14.2 Å². The van der Waals surface area contributed by atoms with E-state index in [1.54, 1.807) is 24.3 Å². The lowest BCUT2D eigenvalue weighted by Gasteiger charge is -2.11. The fourth-order valence-electron chi connectivity index (χ4n) is 2.76. The number of ether oxygens (including phenoxy) is 3. The van der Waals surface area contributed by atoms with Crippen molar-refractivity contribution >= 4 is 11.9 Å². The Hall–Kier alpha value is -3.34. The van der Waals surface area contributed by atoms with E-state index < -0.39 is 11.9 Å². The zero-order valence-corrected chi connectivity index (χ0v) is 16.9. The molecule has 0 aromatic heterocycles. The lowest BCUT2D eigenvalue weighted by atomic mass is 10.1. The minimum absolute atomic E-state index is 0.0798. The van der Waals surface area contributed by atoms with E-state index in [2.05, 4.69) is 13.2 Å². The molecule has 0 unspecified atom stereocenters. The first kappa shape index (κ1) is 22.0. The number of carbonyl (C=O) groups excluding carboxylic acids is 2. The molecule has 0 heterocycles. The highest BCUT2D eigenvalue weighted by molar-refractivity contribution is 5.80. The van der Waals surface area contributed by atoms with Crippen molar-refractivity contribution in [2.45, 2.75) is 32.6 Å². The maximum absolute atomic E-state index is 12.1. The first-order valence-electron chi connectivity index (χ1n) is 9.36. The lowest BCUT2D eigenvalue weighted by Crippen LogP contribution is -2.14. The van der Waals surface area contributed by atoms with Crippen LogP contribution in [0, 0.1) is 6.92 Å². The second-order valence-electron chi connectivity index (χ2n) is 6.52. The van der Waals surface area contributed by atoms with Gasteiger partial charge < -0.3 is 14.2 Å². The van der Waals surface area contributed by atoms with Crippen LogP contribution in [0.4, 0.5) is 0 Å². The summed E-state index contributed by atoms with van der Waals surface area (Å²) in [5, 5.41) is 0. The number of benzene rings is 2. The molecule has 2 aromatic carbocycles. The zero-order valence-electron chi connectivity index (χ0n) is 16.9. The van der Waals surface area contributed by atoms with E-state index >= 15 is 0 Å². The van der Waals surface area contributed by atoms with Crippen LogP contribution in [0.25, 0.3) is 0 Å². The van der Waals surface area contributed by atoms with Gasteiger partial charge in [-0.25, -0.2) is 0 Å². The molecule has 0 saturated carbocycles. The summed E-state index contributed by atoms with van der Waals surface area (Å²) in [5.74, 6) is 0.225. The number of hydrogen-bond acceptors (Lipinski definition) is 5. The molecule has 0 aliphatic rings. The van der Waals surface area contributed by atoms with E-state index in [-0.39, 0.29) is 12.8 Å². The van der Waals surface area contributed by atoms with Crippen molar-refractivity contribution in [1.82, 2.24) is 0 Å². The van der Waals surface area contributed by atoms with Crippen molar-refractivity contribution in [3.8, 4) is 17.2 Å². The van der Waals surface area contributed by atoms with Gasteiger partial charge in [0, 0.05) is 0 Å². The highest BCUT2D eigenvalue weighted by Gasteiger charge is 2.14. The third-order valence-corrected chi connectivity index (χ3v) is 4.21. The summed E-state index contributed by atoms with van der Waals surface area (Å²) in [4.78, 5) is 24.2. The Kier molecular flexibility index (Phi) is 8.22. The smallest absolute Gasteiger partial charge is 0.311 e. The Bertz CT molecular complexity index is 898. The lowest BCUT2D eigenvalue weighted by molar-refractivity contribution is -0.140. The number of methoxy groups -OCH3 is 1. The van der Waals surface area contributed by atoms with Gasteiger partial charge in [0.2, 0.25) is 0 Å². The summed E-state index contributed by atoms with van der Waals surface area (Å²) in [6, 6.07) is 10.9. The van der Waals surface area contributed by atoms with Gasteiger partial charge in [-0.2, -0.15) is 0 Å². The standard InChI is InChI=1S/C24H26O5/c1-5-7-18-9-11-20(17(3)15-18)28-23(25)13-14-24(26)29-21-12-10-19(8-6-2)16-22(21)27-4/h5-6,9-12,15-16H,1-2,7-8,13-14H2,3-4H3. The average Bonchev–Trinajstić information content (AvgIpc) is 2.70. The van der Waals surface area contributed by atoms with Gasteiger partial charge >= 0.3 is 11.9 Å². The summed E-state index contributed by atoms with van der Waals surface area (Å²) in [5.41, 5.74) is 2.94. The van der Waals surface area contributed by atoms with Crippen LogP contribution >= 0.6 is 0 Å². The SMILES string of the molecule is C=CCc1ccc(OC(=O)CCC(=O)Oc2ccc(CC=C)cc2OC)c(C)c1. The molecule has 5 nitrogen and oxygen atoms in total. The van der Waals surface area contributed by atoms with Crippen molar-refractivity contribution in [2.75, 3.05) is 7.11 Å². The topological polar surface area (TPSA) is 61.8 Å². The zero-order chi connectivity index (χ0) is 21.2. The second kappa shape index (κ2) is 10.9. The maximum Gasteiger partial charge on any atom is 0.311 e. The van der Waals surface area contributed by atoms with Gasteiger partial charge in [-0.05, 0) is 54.7 Å². The van der Waals surface area contributed by atoms with Crippen molar-refractivity contribution in [3.63, 3.8) is 0 Å². The van der Waals surface area contributed by atoms with Crippen LogP contribution in [0.5, 0.6) is 17.2 Å². The van der Waals surface area contributed by atoms with Crippen molar-refractivity contribution in [3.05, 3.63) is 78.4 Å². The number of allylic oxidation sites excluding steroid dienone is 2. The fraction of sp³-hybridized carbons (Fsp3) is 0.250. The third kappa shape index (κ3) is 6.64. The minimum atomic E-state index is -0.533. The molecular formula is C24H26O5. The van der Waals surface area contributed by atoms with E-state index in [1.165, 1.54) is 7.11 Å². The van der Waals surface area contributed by atoms with Crippen molar-refractivity contribution < 1.29 is 23.8 Å². The van der Waals surface area contributed by atoms with Gasteiger partial charge in [0.25, 0.3) is 0 Å². The fourth-order valence-corrected chi connectivity index (χ4v) is 2.76. The molecule has 2 aromatic rings. The molecule has 152 valence electrons. The van der Waals surface area contributed by atoms with Crippen LogP contribution in [-0.2, 0) is 22.4 Å². The molecule has 0 aliphatic carbocycles. The van der Waals surface area contributed by atoms with Crippen LogP contribution in [0.3, 0.4) is 0 Å². The molecular weight excluding hydrogens is 368 g/mol. The predicted molar refractivity (Wildman–Crippen MR) is 112 cm³/mol. The molecule has 2 rings (SSSR count). The number of carbonyl (C=O) groups is 2. The first-order valence-corrected chi connectivity index (χ1v) is 9.36. The molecule has 0 fully saturated rings. The van der Waals surface area contributed by atoms with Gasteiger partial charge in [-0.15, -0.1) is 13.2 Å². The minimum Gasteiger partial charge on any atom is -0.493 e. The van der Waals surface area contributed by atoms with Gasteiger partial charge in [0.1, 0.15) is 5.75 Å². The maximum atomic E-state index is 12.1. The van der Waals surface area contributed by atoms with E-state index in [0.29, 0.717) is 23.7 Å². The first-order chi connectivity index (χ1) is 14.0. The van der Waals surface area contributed by atoms with Gasteiger partial charge in [0.15, 0.2) is 11.5 Å². The molecule has 0 aliphatic heterocycles. The van der Waals surface area contributed by atoms with Crippen molar-refractivity contribution in [2.24, 2.45) is 0 Å². The number of esters is 2. The highest BCUT2D eigenvalue weighted by atomic mass is 16.6. The van der Waals surface area contributed by atoms with Gasteiger partial charge in [-0.3, -0.25) is 9.59 Å². The Morgan fingerprint density at radius 3 is 1.86 bits per heavy atom. The number of aryl methyl sites for hydroxylation is 1. The van der Waals surface area contributed by atoms with Crippen molar-refractivity contribution in [1.29, 1.82) is 0 Å². The Balaban J connectivity index is 1.89. The summed E-state index contributed by atoms with van der Waals surface area (Å²) in [6.45, 7) is 9.27. The third-order valence-electron chi connectivity index (χ3n) is 4.21. The second-order valence-corrected chi connectivity index (χ2v) is 6.52. The van der Waals surface area contributed by atoms with Gasteiger partial charge in [-0.1, -0.05) is 30.4 Å². The molecule has 0 N–H and O–H groups in total. The monoisotopic (exact) mass is 394 g/mol. The normalized spacial score (nSPS) is 10.1. The molecule has 5 heteroatoms. The molecule has 0 bridgehead atoms. The summed E-state index contributed by atoms with van der Waals surface area (Å²) in [7, 11) is 1.50. The quantitative estimate of drug-likeness (QED) is 0.331.